The third kappa shape index (κ3) is 4.69. The Kier molecular flexibility index (Phi) is 5.89. The van der Waals surface area contributed by atoms with Crippen molar-refractivity contribution in [2.45, 2.75) is 32.2 Å². The zero-order valence-corrected chi connectivity index (χ0v) is 18.1. The van der Waals surface area contributed by atoms with E-state index in [9.17, 15) is 22.4 Å². The molecular formula is C25H18F4N2O4. The molecule has 0 amide bonds. The number of fused-ring (bicyclic) bond motifs is 2. The van der Waals surface area contributed by atoms with Crippen LogP contribution in [-0.4, -0.2) is 15.5 Å². The number of nitrogens with zero attached hydrogens (tertiary/aromatic N) is 2. The SMILES string of the molecule is O=C(Cn1c(C(F)(F)F)nc2ccccc21)OCc1cc(F)cc2c1O[C@@H](c1ccccc1)OC2. The van der Waals surface area contributed by atoms with Crippen LogP contribution in [0.2, 0.25) is 0 Å². The van der Waals surface area contributed by atoms with Crippen molar-refractivity contribution in [1.82, 2.24) is 9.55 Å². The van der Waals surface area contributed by atoms with E-state index >= 15 is 0 Å². The Morgan fingerprint density at radius 2 is 1.83 bits per heavy atom. The van der Waals surface area contributed by atoms with E-state index in [1.165, 1.54) is 18.2 Å². The number of carbonyl (C=O) groups excluding carboxylic acids is 1. The van der Waals surface area contributed by atoms with E-state index in [4.69, 9.17) is 14.2 Å². The van der Waals surface area contributed by atoms with Crippen molar-refractivity contribution in [3.05, 3.63) is 95.1 Å². The van der Waals surface area contributed by atoms with Crippen LogP contribution in [0, 0.1) is 5.82 Å². The van der Waals surface area contributed by atoms with Gasteiger partial charge in [0.2, 0.25) is 12.1 Å². The molecule has 1 aromatic heterocycles. The predicted molar refractivity (Wildman–Crippen MR) is 116 cm³/mol. The van der Waals surface area contributed by atoms with E-state index in [0.29, 0.717) is 11.3 Å². The van der Waals surface area contributed by atoms with E-state index < -0.39 is 43.2 Å². The Hall–Kier alpha value is -3.92. The molecule has 0 saturated heterocycles. The third-order valence-corrected chi connectivity index (χ3v) is 5.48. The second-order valence-electron chi connectivity index (χ2n) is 7.89. The molecule has 0 N–H and O–H groups in total. The van der Waals surface area contributed by atoms with Gasteiger partial charge in [-0.2, -0.15) is 13.2 Å². The number of imidazole rings is 1. The molecule has 10 heteroatoms. The Morgan fingerprint density at radius 1 is 1.09 bits per heavy atom. The monoisotopic (exact) mass is 486 g/mol. The van der Waals surface area contributed by atoms with E-state index in [1.807, 2.05) is 30.3 Å². The second kappa shape index (κ2) is 9.03. The van der Waals surface area contributed by atoms with Gasteiger partial charge in [0.05, 0.1) is 17.6 Å². The number of hydrogen-bond donors (Lipinski definition) is 0. The summed E-state index contributed by atoms with van der Waals surface area (Å²) in [4.78, 5) is 16.2. The summed E-state index contributed by atoms with van der Waals surface area (Å²) in [7, 11) is 0. The molecule has 0 bridgehead atoms. The predicted octanol–water partition coefficient (Wildman–Crippen LogP) is 5.55. The van der Waals surface area contributed by atoms with Gasteiger partial charge in [0.1, 0.15) is 24.7 Å². The highest BCUT2D eigenvalue weighted by Crippen LogP contribution is 2.37. The van der Waals surface area contributed by atoms with Crippen LogP contribution in [0.25, 0.3) is 11.0 Å². The fraction of sp³-hybridized carbons (Fsp3) is 0.200. The summed E-state index contributed by atoms with van der Waals surface area (Å²) in [5.41, 5.74) is 1.67. The topological polar surface area (TPSA) is 62.6 Å². The fourth-order valence-electron chi connectivity index (χ4n) is 3.94. The maximum Gasteiger partial charge on any atom is 0.449 e. The number of carbonyl (C=O) groups is 1. The Balaban J connectivity index is 1.36. The summed E-state index contributed by atoms with van der Waals surface area (Å²) < 4.78 is 72.2. The molecule has 0 fully saturated rings. The number of rotatable bonds is 5. The highest BCUT2D eigenvalue weighted by Gasteiger charge is 2.38. The van der Waals surface area contributed by atoms with Crippen LogP contribution in [-0.2, 0) is 40.2 Å². The number of alkyl halides is 3. The number of aromatic nitrogens is 2. The second-order valence-corrected chi connectivity index (χ2v) is 7.89. The average molecular weight is 486 g/mol. The molecule has 0 unspecified atom stereocenters. The van der Waals surface area contributed by atoms with E-state index in [0.717, 1.165) is 16.2 Å². The number of benzene rings is 3. The van der Waals surface area contributed by atoms with Crippen molar-refractivity contribution in [1.29, 1.82) is 0 Å². The van der Waals surface area contributed by atoms with Gasteiger partial charge < -0.3 is 18.8 Å². The number of halogens is 4. The van der Waals surface area contributed by atoms with Crippen molar-refractivity contribution < 1.29 is 36.6 Å². The van der Waals surface area contributed by atoms with Crippen LogP contribution < -0.4 is 4.74 Å². The highest BCUT2D eigenvalue weighted by atomic mass is 19.4. The molecule has 6 nitrogen and oxygen atoms in total. The summed E-state index contributed by atoms with van der Waals surface area (Å²) >= 11 is 0. The fourth-order valence-corrected chi connectivity index (χ4v) is 3.94. The third-order valence-electron chi connectivity index (χ3n) is 5.48. The first-order valence-electron chi connectivity index (χ1n) is 10.6. The Morgan fingerprint density at radius 3 is 2.60 bits per heavy atom. The lowest BCUT2D eigenvalue weighted by Gasteiger charge is -2.28. The molecule has 4 aromatic rings. The van der Waals surface area contributed by atoms with Crippen LogP contribution in [0.4, 0.5) is 17.6 Å². The van der Waals surface area contributed by atoms with Gasteiger partial charge >= 0.3 is 12.1 Å². The number of esters is 1. The van der Waals surface area contributed by atoms with Crippen LogP contribution in [0.15, 0.2) is 66.7 Å². The molecule has 1 atom stereocenters. The summed E-state index contributed by atoms with van der Waals surface area (Å²) in [6.45, 7) is -1.04. The highest BCUT2D eigenvalue weighted by molar-refractivity contribution is 5.79. The van der Waals surface area contributed by atoms with Gasteiger partial charge in [0.15, 0.2) is 0 Å². The maximum atomic E-state index is 14.2. The van der Waals surface area contributed by atoms with Gasteiger partial charge in [0.25, 0.3) is 0 Å². The summed E-state index contributed by atoms with van der Waals surface area (Å²) in [5, 5.41) is 0. The zero-order chi connectivity index (χ0) is 24.6. The van der Waals surface area contributed by atoms with Crippen LogP contribution >= 0.6 is 0 Å². The molecule has 0 saturated carbocycles. The first-order chi connectivity index (χ1) is 16.8. The molecule has 35 heavy (non-hydrogen) atoms. The standard InChI is InChI=1S/C25H18F4N2O4/c26-18-10-16(22-17(11-18)14-34-23(35-22)15-6-2-1-3-7-15)13-33-21(32)12-31-20-9-5-4-8-19(20)30-24(31)25(27,28)29/h1-11,23H,12-14H2/t23-/m0/s1. The van der Waals surface area contributed by atoms with E-state index in [-0.39, 0.29) is 23.2 Å². The quantitative estimate of drug-likeness (QED) is 0.274. The van der Waals surface area contributed by atoms with E-state index in [2.05, 4.69) is 4.98 Å². The van der Waals surface area contributed by atoms with Crippen molar-refractivity contribution >= 4 is 17.0 Å². The minimum Gasteiger partial charge on any atom is -0.460 e. The van der Waals surface area contributed by atoms with Gasteiger partial charge in [0, 0.05) is 16.7 Å². The largest absolute Gasteiger partial charge is 0.460 e. The van der Waals surface area contributed by atoms with Crippen LogP contribution in [0.1, 0.15) is 28.8 Å². The first kappa shape index (κ1) is 22.9. The van der Waals surface area contributed by atoms with Crippen molar-refractivity contribution in [3.63, 3.8) is 0 Å². The van der Waals surface area contributed by atoms with Crippen molar-refractivity contribution in [3.8, 4) is 5.75 Å². The number of para-hydroxylation sites is 2. The molecule has 1 aliphatic heterocycles. The van der Waals surface area contributed by atoms with Gasteiger partial charge in [-0.3, -0.25) is 4.79 Å². The molecule has 3 aromatic carbocycles. The summed E-state index contributed by atoms with van der Waals surface area (Å²) in [5.74, 6) is -2.42. The van der Waals surface area contributed by atoms with Gasteiger partial charge in [-0.05, 0) is 24.3 Å². The van der Waals surface area contributed by atoms with E-state index in [1.54, 1.807) is 12.1 Å². The molecule has 0 aliphatic carbocycles. The minimum absolute atomic E-state index is 0.0730. The smallest absolute Gasteiger partial charge is 0.449 e. The molecular weight excluding hydrogens is 468 g/mol. The van der Waals surface area contributed by atoms with Crippen LogP contribution in [0.5, 0.6) is 5.75 Å². The Labute approximate surface area is 196 Å². The first-order valence-corrected chi connectivity index (χ1v) is 10.6. The van der Waals surface area contributed by atoms with Gasteiger partial charge in [-0.25, -0.2) is 9.37 Å². The molecule has 0 spiro atoms. The van der Waals surface area contributed by atoms with Gasteiger partial charge in [-0.15, -0.1) is 0 Å². The number of hydrogen-bond acceptors (Lipinski definition) is 5. The van der Waals surface area contributed by atoms with Gasteiger partial charge in [-0.1, -0.05) is 42.5 Å². The molecule has 0 radical (unpaired) electrons. The normalized spacial score (nSPS) is 15.5. The average Bonchev–Trinajstić information content (AvgIpc) is 3.22. The molecule has 5 rings (SSSR count). The lowest BCUT2D eigenvalue weighted by molar-refractivity contribution is -0.151. The van der Waals surface area contributed by atoms with Crippen molar-refractivity contribution in [2.75, 3.05) is 0 Å². The zero-order valence-electron chi connectivity index (χ0n) is 18.1. The Bertz CT molecular complexity index is 1390. The summed E-state index contributed by atoms with van der Waals surface area (Å²) in [6, 6.07) is 17.5. The van der Waals surface area contributed by atoms with Crippen molar-refractivity contribution in [2.24, 2.45) is 0 Å². The lowest BCUT2D eigenvalue weighted by atomic mass is 10.1. The summed E-state index contributed by atoms with van der Waals surface area (Å²) in [6.07, 6.45) is -5.50. The molecule has 2 heterocycles. The maximum absolute atomic E-state index is 14.2. The van der Waals surface area contributed by atoms with Crippen LogP contribution in [0.3, 0.4) is 0 Å². The number of ether oxygens (including phenoxy) is 3. The lowest BCUT2D eigenvalue weighted by Crippen LogP contribution is -2.21. The minimum atomic E-state index is -4.76. The molecule has 180 valence electrons. The molecule has 1 aliphatic rings.